The van der Waals surface area contributed by atoms with E-state index in [4.69, 9.17) is 4.74 Å². The second kappa shape index (κ2) is 7.75. The predicted octanol–water partition coefficient (Wildman–Crippen LogP) is 4.05. The lowest BCUT2D eigenvalue weighted by atomic mass is 10.0. The Bertz CT molecular complexity index is 535. The van der Waals surface area contributed by atoms with Gasteiger partial charge in [-0.15, -0.1) is 0 Å². The van der Waals surface area contributed by atoms with Crippen LogP contribution >= 0.6 is 11.8 Å². The van der Waals surface area contributed by atoms with Gasteiger partial charge in [0.1, 0.15) is 5.75 Å². The number of hydrogen-bond acceptors (Lipinski definition) is 3. The van der Waals surface area contributed by atoms with Gasteiger partial charge in [0.2, 0.25) is 0 Å². The average Bonchev–Trinajstić information content (AvgIpc) is 2.52. The van der Waals surface area contributed by atoms with Gasteiger partial charge < -0.3 is 4.74 Å². The van der Waals surface area contributed by atoms with Gasteiger partial charge in [-0.25, -0.2) is 0 Å². The van der Waals surface area contributed by atoms with Crippen LogP contribution in [0.2, 0.25) is 0 Å². The van der Waals surface area contributed by atoms with Crippen LogP contribution in [0.15, 0.2) is 54.6 Å². The first kappa shape index (κ1) is 14.7. The molecular weight excluding hydrogens is 268 g/mol. The molecule has 0 heterocycles. The van der Waals surface area contributed by atoms with Gasteiger partial charge in [-0.1, -0.05) is 37.3 Å². The molecule has 2 aromatic carbocycles. The molecule has 2 nitrogen and oxygen atoms in total. The number of hydrogen-bond donors (Lipinski definition) is 0. The summed E-state index contributed by atoms with van der Waals surface area (Å²) in [5.41, 5.74) is 1.40. The van der Waals surface area contributed by atoms with Crippen molar-refractivity contribution < 1.29 is 9.53 Å². The lowest BCUT2D eigenvalue weighted by molar-refractivity contribution is 0.103. The standard InChI is InChI=1S/C17H18O2S/c1-2-20-13-12-19-16-10-8-15(9-11-16)17(18)14-6-4-3-5-7-14/h3-11H,2,12-13H2,1H3. The molecule has 0 atom stereocenters. The number of ether oxygens (including phenoxy) is 1. The van der Waals surface area contributed by atoms with Gasteiger partial charge in [-0.3, -0.25) is 4.79 Å². The summed E-state index contributed by atoms with van der Waals surface area (Å²) in [6, 6.07) is 16.6. The van der Waals surface area contributed by atoms with Gasteiger partial charge >= 0.3 is 0 Å². The van der Waals surface area contributed by atoms with Crippen molar-refractivity contribution in [2.75, 3.05) is 18.1 Å². The van der Waals surface area contributed by atoms with E-state index in [1.165, 1.54) is 0 Å². The largest absolute Gasteiger partial charge is 0.493 e. The molecule has 0 saturated heterocycles. The topological polar surface area (TPSA) is 26.3 Å². The smallest absolute Gasteiger partial charge is 0.193 e. The van der Waals surface area contributed by atoms with E-state index in [1.54, 1.807) is 0 Å². The highest BCUT2D eigenvalue weighted by atomic mass is 32.2. The molecule has 0 aliphatic carbocycles. The minimum atomic E-state index is 0.0405. The van der Waals surface area contributed by atoms with E-state index < -0.39 is 0 Å². The SMILES string of the molecule is CCSCCOc1ccc(C(=O)c2ccccc2)cc1. The first-order valence-corrected chi connectivity index (χ1v) is 7.87. The molecule has 0 N–H and O–H groups in total. The van der Waals surface area contributed by atoms with Gasteiger partial charge in [0.05, 0.1) is 6.61 Å². The van der Waals surface area contributed by atoms with Crippen LogP contribution in [0.4, 0.5) is 0 Å². The number of benzene rings is 2. The summed E-state index contributed by atoms with van der Waals surface area (Å²) in [4.78, 5) is 12.2. The monoisotopic (exact) mass is 286 g/mol. The molecule has 0 radical (unpaired) electrons. The van der Waals surface area contributed by atoms with Crippen LogP contribution in [-0.2, 0) is 0 Å². The molecule has 0 bridgehead atoms. The predicted molar refractivity (Wildman–Crippen MR) is 84.8 cm³/mol. The summed E-state index contributed by atoms with van der Waals surface area (Å²) in [6.07, 6.45) is 0. The Morgan fingerprint density at radius 1 is 1.00 bits per heavy atom. The second-order valence-corrected chi connectivity index (χ2v) is 5.66. The Morgan fingerprint density at radius 2 is 1.65 bits per heavy atom. The number of rotatable bonds is 7. The molecule has 0 fully saturated rings. The molecule has 3 heteroatoms. The Morgan fingerprint density at radius 3 is 2.30 bits per heavy atom. The van der Waals surface area contributed by atoms with Crippen LogP contribution in [0.1, 0.15) is 22.8 Å². The summed E-state index contributed by atoms with van der Waals surface area (Å²) >= 11 is 1.85. The second-order valence-electron chi connectivity index (χ2n) is 4.26. The normalized spacial score (nSPS) is 10.2. The molecular formula is C17H18O2S. The fraction of sp³-hybridized carbons (Fsp3) is 0.235. The van der Waals surface area contributed by atoms with E-state index in [-0.39, 0.29) is 5.78 Å². The Balaban J connectivity index is 1.96. The zero-order valence-corrected chi connectivity index (χ0v) is 12.4. The van der Waals surface area contributed by atoms with Crippen LogP contribution in [0.5, 0.6) is 5.75 Å². The number of carbonyl (C=O) groups is 1. The average molecular weight is 286 g/mol. The van der Waals surface area contributed by atoms with Crippen LogP contribution in [0, 0.1) is 0 Å². The molecule has 2 aromatic rings. The van der Waals surface area contributed by atoms with Crippen LogP contribution in [0.3, 0.4) is 0 Å². The quantitative estimate of drug-likeness (QED) is 0.567. The van der Waals surface area contributed by atoms with Crippen molar-refractivity contribution in [1.29, 1.82) is 0 Å². The van der Waals surface area contributed by atoms with Gasteiger partial charge in [0.25, 0.3) is 0 Å². The summed E-state index contributed by atoms with van der Waals surface area (Å²) < 4.78 is 5.62. The van der Waals surface area contributed by atoms with Crippen molar-refractivity contribution in [3.8, 4) is 5.75 Å². The fourth-order valence-corrected chi connectivity index (χ4v) is 2.31. The summed E-state index contributed by atoms with van der Waals surface area (Å²) in [6.45, 7) is 2.83. The molecule has 0 amide bonds. The van der Waals surface area contributed by atoms with Gasteiger partial charge in [0.15, 0.2) is 5.78 Å². The van der Waals surface area contributed by atoms with Crippen molar-refractivity contribution >= 4 is 17.5 Å². The maximum atomic E-state index is 12.2. The van der Waals surface area contributed by atoms with E-state index in [0.717, 1.165) is 17.3 Å². The molecule has 0 saturated carbocycles. The number of ketones is 1. The van der Waals surface area contributed by atoms with E-state index in [2.05, 4.69) is 6.92 Å². The van der Waals surface area contributed by atoms with Crippen LogP contribution in [0.25, 0.3) is 0 Å². The number of thioether (sulfide) groups is 1. The Kier molecular flexibility index (Phi) is 5.69. The molecule has 0 unspecified atom stereocenters. The Hall–Kier alpha value is -1.74. The van der Waals surface area contributed by atoms with E-state index in [1.807, 2.05) is 66.4 Å². The molecule has 0 spiro atoms. The number of carbonyl (C=O) groups excluding carboxylic acids is 1. The molecule has 20 heavy (non-hydrogen) atoms. The van der Waals surface area contributed by atoms with Crippen molar-refractivity contribution in [3.05, 3.63) is 65.7 Å². The van der Waals surface area contributed by atoms with Crippen molar-refractivity contribution in [2.45, 2.75) is 6.92 Å². The van der Waals surface area contributed by atoms with Crippen LogP contribution < -0.4 is 4.74 Å². The van der Waals surface area contributed by atoms with Gasteiger partial charge in [0, 0.05) is 16.9 Å². The first-order chi connectivity index (χ1) is 9.81. The maximum absolute atomic E-state index is 12.2. The highest BCUT2D eigenvalue weighted by molar-refractivity contribution is 7.99. The zero-order valence-electron chi connectivity index (χ0n) is 11.5. The molecule has 0 aromatic heterocycles. The van der Waals surface area contributed by atoms with E-state index in [0.29, 0.717) is 17.7 Å². The zero-order chi connectivity index (χ0) is 14.2. The highest BCUT2D eigenvalue weighted by Crippen LogP contribution is 2.15. The lowest BCUT2D eigenvalue weighted by Gasteiger charge is -2.06. The van der Waals surface area contributed by atoms with Crippen molar-refractivity contribution in [1.82, 2.24) is 0 Å². The van der Waals surface area contributed by atoms with E-state index >= 15 is 0 Å². The first-order valence-electron chi connectivity index (χ1n) is 6.71. The van der Waals surface area contributed by atoms with Crippen LogP contribution in [-0.4, -0.2) is 23.9 Å². The molecule has 0 aliphatic heterocycles. The fourth-order valence-electron chi connectivity index (χ4n) is 1.82. The van der Waals surface area contributed by atoms with Crippen molar-refractivity contribution in [3.63, 3.8) is 0 Å². The highest BCUT2D eigenvalue weighted by Gasteiger charge is 2.08. The third-order valence-electron chi connectivity index (χ3n) is 2.85. The summed E-state index contributed by atoms with van der Waals surface area (Å²) in [5, 5.41) is 0. The Labute approximate surface area is 124 Å². The minimum Gasteiger partial charge on any atom is -0.493 e. The lowest BCUT2D eigenvalue weighted by Crippen LogP contribution is -2.02. The summed E-state index contributed by atoms with van der Waals surface area (Å²) in [5.74, 6) is 2.94. The molecule has 2 rings (SSSR count). The van der Waals surface area contributed by atoms with Crippen molar-refractivity contribution in [2.24, 2.45) is 0 Å². The molecule has 0 aliphatic rings. The van der Waals surface area contributed by atoms with E-state index in [9.17, 15) is 4.79 Å². The van der Waals surface area contributed by atoms with Gasteiger partial charge in [-0.2, -0.15) is 11.8 Å². The molecule has 104 valence electrons. The van der Waals surface area contributed by atoms with Gasteiger partial charge in [-0.05, 0) is 30.0 Å². The third kappa shape index (κ3) is 4.14. The maximum Gasteiger partial charge on any atom is 0.193 e. The summed E-state index contributed by atoms with van der Waals surface area (Å²) in [7, 11) is 0. The third-order valence-corrected chi connectivity index (χ3v) is 3.72. The minimum absolute atomic E-state index is 0.0405.